The van der Waals surface area contributed by atoms with E-state index in [4.69, 9.17) is 23.2 Å². The lowest BCUT2D eigenvalue weighted by Crippen LogP contribution is -2.32. The van der Waals surface area contributed by atoms with Crippen LogP contribution >= 0.6 is 23.2 Å². The molecule has 1 rings (SSSR count). The van der Waals surface area contributed by atoms with Crippen LogP contribution in [0.5, 0.6) is 0 Å². The third-order valence-corrected chi connectivity index (χ3v) is 2.69. The molecule has 0 aromatic rings. The average molecular weight is 209 g/mol. The van der Waals surface area contributed by atoms with E-state index >= 15 is 0 Å². The van der Waals surface area contributed by atoms with Gasteiger partial charge in [0.15, 0.2) is 0 Å². The van der Waals surface area contributed by atoms with E-state index in [1.807, 2.05) is 0 Å². The van der Waals surface area contributed by atoms with Gasteiger partial charge in [-0.15, -0.1) is 0 Å². The van der Waals surface area contributed by atoms with Gasteiger partial charge >= 0.3 is 0 Å². The number of hydrogen-bond acceptors (Lipinski definition) is 2. The number of rotatable bonds is 3. The zero-order valence-electron chi connectivity index (χ0n) is 7.19. The maximum absolute atomic E-state index is 5.73. The van der Waals surface area contributed by atoms with Crippen molar-refractivity contribution in [2.75, 3.05) is 26.7 Å². The summed E-state index contributed by atoms with van der Waals surface area (Å²) >= 11 is 11.2. The molecule has 1 saturated heterocycles. The van der Waals surface area contributed by atoms with Crippen molar-refractivity contribution in [1.82, 2.24) is 10.2 Å². The second-order valence-corrected chi connectivity index (χ2v) is 3.89. The van der Waals surface area contributed by atoms with Gasteiger partial charge in [0.05, 0.1) is 0 Å². The molecule has 0 aliphatic carbocycles. The number of nitrogens with one attached hydrogen (secondary N) is 1. The van der Waals surface area contributed by atoms with E-state index in [9.17, 15) is 0 Å². The molecule has 0 amide bonds. The van der Waals surface area contributed by atoms with Crippen molar-refractivity contribution in [2.45, 2.75) is 12.5 Å². The molecular formula is C8H14Cl2N2. The van der Waals surface area contributed by atoms with E-state index in [2.05, 4.69) is 17.3 Å². The molecule has 70 valence electrons. The molecule has 1 unspecified atom stereocenters. The first-order valence-electron chi connectivity index (χ1n) is 4.09. The molecule has 1 atom stereocenters. The van der Waals surface area contributed by atoms with Crippen LogP contribution in [-0.2, 0) is 0 Å². The van der Waals surface area contributed by atoms with Crippen molar-refractivity contribution in [3.05, 3.63) is 10.6 Å². The second-order valence-electron chi connectivity index (χ2n) is 3.18. The highest BCUT2D eigenvalue weighted by molar-refractivity contribution is 6.36. The molecule has 1 N–H and O–H groups in total. The Morgan fingerprint density at radius 3 is 3.00 bits per heavy atom. The fraction of sp³-hybridized carbons (Fsp3) is 0.750. The quantitative estimate of drug-likeness (QED) is 0.759. The molecule has 1 heterocycles. The molecule has 0 saturated carbocycles. The zero-order valence-corrected chi connectivity index (χ0v) is 8.70. The minimum atomic E-state index is 0.570. The van der Waals surface area contributed by atoms with Crippen LogP contribution in [0.3, 0.4) is 0 Å². The summed E-state index contributed by atoms with van der Waals surface area (Å²) in [5.74, 6) is 0. The van der Waals surface area contributed by atoms with Gasteiger partial charge in [-0.25, -0.2) is 0 Å². The number of halogens is 2. The third-order valence-electron chi connectivity index (χ3n) is 2.07. The van der Waals surface area contributed by atoms with Gasteiger partial charge in [0.25, 0.3) is 0 Å². The van der Waals surface area contributed by atoms with Crippen LogP contribution in [0, 0.1) is 0 Å². The molecule has 4 heteroatoms. The lowest BCUT2D eigenvalue weighted by molar-refractivity contribution is 0.401. The van der Waals surface area contributed by atoms with Crippen molar-refractivity contribution in [3.8, 4) is 0 Å². The van der Waals surface area contributed by atoms with Crippen molar-refractivity contribution in [1.29, 1.82) is 0 Å². The first kappa shape index (κ1) is 10.3. The Labute approximate surface area is 83.5 Å². The van der Waals surface area contributed by atoms with Gasteiger partial charge in [0.2, 0.25) is 0 Å². The van der Waals surface area contributed by atoms with Gasteiger partial charge < -0.3 is 10.2 Å². The summed E-state index contributed by atoms with van der Waals surface area (Å²) in [6.07, 6.45) is 1.20. The van der Waals surface area contributed by atoms with Crippen LogP contribution in [0.2, 0.25) is 0 Å². The standard InChI is InChI=1S/C8H14Cl2N2/c1-12-3-2-8(6-12)11-5-7(10)4-9/h4,8,11H,2-3,5-6H2,1H3. The summed E-state index contributed by atoms with van der Waals surface area (Å²) in [6, 6.07) is 0.570. The second kappa shape index (κ2) is 5.07. The van der Waals surface area contributed by atoms with Crippen LogP contribution < -0.4 is 5.32 Å². The van der Waals surface area contributed by atoms with Crippen LogP contribution in [0.15, 0.2) is 10.6 Å². The van der Waals surface area contributed by atoms with Crippen molar-refractivity contribution in [3.63, 3.8) is 0 Å². The molecular weight excluding hydrogens is 195 g/mol. The van der Waals surface area contributed by atoms with Crippen molar-refractivity contribution in [2.24, 2.45) is 0 Å². The minimum absolute atomic E-state index is 0.570. The molecule has 0 bridgehead atoms. The number of likely N-dealkylation sites (tertiary alicyclic amines) is 1. The Kier molecular flexibility index (Phi) is 4.36. The highest BCUT2D eigenvalue weighted by Crippen LogP contribution is 2.08. The highest BCUT2D eigenvalue weighted by Gasteiger charge is 2.18. The minimum Gasteiger partial charge on any atom is -0.308 e. The van der Waals surface area contributed by atoms with Crippen LogP contribution in [-0.4, -0.2) is 37.6 Å². The maximum atomic E-state index is 5.73. The molecule has 2 nitrogen and oxygen atoms in total. The van der Waals surface area contributed by atoms with E-state index in [1.54, 1.807) is 0 Å². The smallest absolute Gasteiger partial charge is 0.0432 e. The molecule has 0 aromatic heterocycles. The summed E-state index contributed by atoms with van der Waals surface area (Å²) in [4.78, 5) is 2.30. The number of nitrogens with zero attached hydrogens (tertiary/aromatic N) is 1. The molecule has 0 aromatic carbocycles. The Hall–Kier alpha value is 0.240. The fourth-order valence-electron chi connectivity index (χ4n) is 1.38. The van der Waals surface area contributed by atoms with E-state index in [0.29, 0.717) is 17.6 Å². The predicted octanol–water partition coefficient (Wildman–Crippen LogP) is 1.60. The average Bonchev–Trinajstić information content (AvgIpc) is 2.47. The Balaban J connectivity index is 2.16. The van der Waals surface area contributed by atoms with Gasteiger partial charge in [-0.1, -0.05) is 23.2 Å². The summed E-state index contributed by atoms with van der Waals surface area (Å²) in [7, 11) is 2.13. The predicted molar refractivity (Wildman–Crippen MR) is 53.7 cm³/mol. The SMILES string of the molecule is CN1CCC(NCC(Cl)=CCl)C1. The molecule has 1 aliphatic rings. The Morgan fingerprint density at radius 1 is 1.75 bits per heavy atom. The van der Waals surface area contributed by atoms with Crippen LogP contribution in [0.4, 0.5) is 0 Å². The highest BCUT2D eigenvalue weighted by atomic mass is 35.5. The topological polar surface area (TPSA) is 15.3 Å². The Bertz CT molecular complexity index is 170. The molecule has 1 aliphatic heterocycles. The molecule has 1 fully saturated rings. The normalized spacial score (nSPS) is 26.6. The first-order valence-corrected chi connectivity index (χ1v) is 4.90. The maximum Gasteiger partial charge on any atom is 0.0432 e. The van der Waals surface area contributed by atoms with Crippen molar-refractivity contribution < 1.29 is 0 Å². The first-order chi connectivity index (χ1) is 5.72. The third kappa shape index (κ3) is 3.31. The van der Waals surface area contributed by atoms with Gasteiger partial charge in [-0.3, -0.25) is 0 Å². The monoisotopic (exact) mass is 208 g/mol. The lowest BCUT2D eigenvalue weighted by atomic mass is 10.2. The molecule has 0 spiro atoms. The molecule has 12 heavy (non-hydrogen) atoms. The van der Waals surface area contributed by atoms with E-state index in [-0.39, 0.29) is 0 Å². The number of likely N-dealkylation sites (N-methyl/N-ethyl adjacent to an activating group) is 1. The fourth-order valence-corrected chi connectivity index (χ4v) is 1.54. The lowest BCUT2D eigenvalue weighted by Gasteiger charge is -2.11. The van der Waals surface area contributed by atoms with Gasteiger partial charge in [0, 0.05) is 29.7 Å². The largest absolute Gasteiger partial charge is 0.308 e. The van der Waals surface area contributed by atoms with E-state index in [0.717, 1.165) is 6.54 Å². The van der Waals surface area contributed by atoms with Gasteiger partial charge in [0.1, 0.15) is 0 Å². The summed E-state index contributed by atoms with van der Waals surface area (Å²) in [6.45, 7) is 2.95. The van der Waals surface area contributed by atoms with Gasteiger partial charge in [-0.2, -0.15) is 0 Å². The van der Waals surface area contributed by atoms with Crippen molar-refractivity contribution >= 4 is 23.2 Å². The molecule has 0 radical (unpaired) electrons. The van der Waals surface area contributed by atoms with E-state index < -0.39 is 0 Å². The van der Waals surface area contributed by atoms with Gasteiger partial charge in [-0.05, 0) is 20.0 Å². The number of hydrogen-bond donors (Lipinski definition) is 1. The summed E-state index contributed by atoms with van der Waals surface area (Å²) in [5, 5.41) is 4.01. The Morgan fingerprint density at radius 2 is 2.50 bits per heavy atom. The summed E-state index contributed by atoms with van der Waals surface area (Å²) < 4.78 is 0. The zero-order chi connectivity index (χ0) is 8.97. The van der Waals surface area contributed by atoms with Crippen LogP contribution in [0.25, 0.3) is 0 Å². The van der Waals surface area contributed by atoms with E-state index in [1.165, 1.54) is 18.5 Å². The summed E-state index contributed by atoms with van der Waals surface area (Å²) in [5.41, 5.74) is 1.41. The van der Waals surface area contributed by atoms with Crippen LogP contribution in [0.1, 0.15) is 6.42 Å².